The van der Waals surface area contributed by atoms with Gasteiger partial charge in [-0.2, -0.15) is 0 Å². The van der Waals surface area contributed by atoms with Crippen molar-refractivity contribution < 1.29 is 0 Å². The van der Waals surface area contributed by atoms with Gasteiger partial charge in [0.15, 0.2) is 0 Å². The quantitative estimate of drug-likeness (QED) is 0.734. The summed E-state index contributed by atoms with van der Waals surface area (Å²) in [6, 6.07) is 4.22. The number of nitrogens with zero attached hydrogens (tertiary/aromatic N) is 1. The second-order valence-electron chi connectivity index (χ2n) is 1.98. The fourth-order valence-corrected chi connectivity index (χ4v) is 3.00. The molecule has 0 amide bonds. The third-order valence-electron chi connectivity index (χ3n) is 1.26. The van der Waals surface area contributed by atoms with E-state index in [0.29, 0.717) is 0 Å². The standard InChI is InChI=1S/C7H4INS2/c8-7-2-1-6(11-7)5-3-10-4-9-5/h1-4H. The predicted octanol–water partition coefficient (Wildman–Crippen LogP) is 3.48. The average molecular weight is 293 g/mol. The van der Waals surface area contributed by atoms with Crippen molar-refractivity contribution in [3.8, 4) is 10.6 Å². The number of halogens is 1. The lowest BCUT2D eigenvalue weighted by Gasteiger charge is -1.84. The number of aromatic nitrogens is 1. The monoisotopic (exact) mass is 293 g/mol. The summed E-state index contributed by atoms with van der Waals surface area (Å²) < 4.78 is 1.31. The smallest absolute Gasteiger partial charge is 0.0911 e. The first kappa shape index (κ1) is 7.70. The van der Waals surface area contributed by atoms with Gasteiger partial charge >= 0.3 is 0 Å². The largest absolute Gasteiger partial charge is 0.244 e. The third-order valence-corrected chi connectivity index (χ3v) is 3.76. The van der Waals surface area contributed by atoms with Gasteiger partial charge in [0.25, 0.3) is 0 Å². The molecule has 4 heteroatoms. The molecule has 0 saturated carbocycles. The van der Waals surface area contributed by atoms with Crippen molar-refractivity contribution in [1.82, 2.24) is 4.98 Å². The highest BCUT2D eigenvalue weighted by atomic mass is 127. The summed E-state index contributed by atoms with van der Waals surface area (Å²) in [5, 5.41) is 2.07. The average Bonchev–Trinajstić information content (AvgIpc) is 2.55. The minimum Gasteiger partial charge on any atom is -0.244 e. The van der Waals surface area contributed by atoms with Gasteiger partial charge in [0.2, 0.25) is 0 Å². The van der Waals surface area contributed by atoms with Gasteiger partial charge in [0.05, 0.1) is 19.0 Å². The van der Waals surface area contributed by atoms with E-state index in [2.05, 4.69) is 45.1 Å². The molecule has 0 saturated heterocycles. The Balaban J connectivity index is 2.45. The summed E-state index contributed by atoms with van der Waals surface area (Å²) in [7, 11) is 0. The summed E-state index contributed by atoms with van der Waals surface area (Å²) in [6.45, 7) is 0. The maximum Gasteiger partial charge on any atom is 0.0911 e. The Labute approximate surface area is 86.3 Å². The summed E-state index contributed by atoms with van der Waals surface area (Å²) in [5.41, 5.74) is 2.96. The summed E-state index contributed by atoms with van der Waals surface area (Å²) in [4.78, 5) is 5.49. The molecule has 2 heterocycles. The first-order valence-corrected chi connectivity index (χ1v) is 5.84. The molecule has 11 heavy (non-hydrogen) atoms. The fraction of sp³-hybridized carbons (Fsp3) is 0. The number of hydrogen-bond donors (Lipinski definition) is 0. The lowest BCUT2D eigenvalue weighted by Crippen LogP contribution is -1.65. The SMILES string of the molecule is Ic1ccc(-c2cscn2)s1. The normalized spacial score (nSPS) is 10.3. The van der Waals surface area contributed by atoms with Crippen molar-refractivity contribution >= 4 is 45.3 Å². The van der Waals surface area contributed by atoms with Crippen LogP contribution in [0.25, 0.3) is 10.6 Å². The van der Waals surface area contributed by atoms with Crippen LogP contribution in [0.2, 0.25) is 0 Å². The van der Waals surface area contributed by atoms with Crippen LogP contribution in [0.5, 0.6) is 0 Å². The molecule has 56 valence electrons. The molecule has 0 fully saturated rings. The van der Waals surface area contributed by atoms with Crippen LogP contribution in [0.4, 0.5) is 0 Å². The second kappa shape index (κ2) is 3.20. The van der Waals surface area contributed by atoms with Crippen molar-refractivity contribution in [1.29, 1.82) is 0 Å². The van der Waals surface area contributed by atoms with Crippen molar-refractivity contribution in [2.45, 2.75) is 0 Å². The first-order chi connectivity index (χ1) is 5.36. The maximum atomic E-state index is 4.23. The van der Waals surface area contributed by atoms with E-state index in [1.165, 1.54) is 7.76 Å². The van der Waals surface area contributed by atoms with Crippen LogP contribution >= 0.6 is 45.3 Å². The third kappa shape index (κ3) is 1.62. The molecule has 0 aromatic carbocycles. The predicted molar refractivity (Wildman–Crippen MR) is 58.1 cm³/mol. The Morgan fingerprint density at radius 2 is 2.27 bits per heavy atom. The lowest BCUT2D eigenvalue weighted by atomic mass is 10.4. The minimum absolute atomic E-state index is 1.10. The van der Waals surface area contributed by atoms with E-state index >= 15 is 0 Å². The van der Waals surface area contributed by atoms with E-state index in [-0.39, 0.29) is 0 Å². The Morgan fingerprint density at radius 1 is 1.36 bits per heavy atom. The zero-order valence-electron chi connectivity index (χ0n) is 5.45. The van der Waals surface area contributed by atoms with Gasteiger partial charge in [-0.3, -0.25) is 0 Å². The summed E-state index contributed by atoms with van der Waals surface area (Å²) >= 11 is 5.73. The first-order valence-electron chi connectivity index (χ1n) is 3.00. The number of thiazole rings is 1. The molecule has 0 atom stereocenters. The highest BCUT2D eigenvalue weighted by Crippen LogP contribution is 2.28. The van der Waals surface area contributed by atoms with Crippen molar-refractivity contribution in [3.05, 3.63) is 25.9 Å². The van der Waals surface area contributed by atoms with Crippen LogP contribution in [0, 0.1) is 2.88 Å². The van der Waals surface area contributed by atoms with Crippen LogP contribution in [0.1, 0.15) is 0 Å². The zero-order valence-corrected chi connectivity index (χ0v) is 9.24. The molecule has 0 aliphatic rings. The van der Waals surface area contributed by atoms with E-state index < -0.39 is 0 Å². The van der Waals surface area contributed by atoms with Crippen LogP contribution in [0.3, 0.4) is 0 Å². The van der Waals surface area contributed by atoms with E-state index in [1.807, 2.05) is 5.51 Å². The summed E-state index contributed by atoms with van der Waals surface area (Å²) in [6.07, 6.45) is 0. The van der Waals surface area contributed by atoms with Crippen LogP contribution in [-0.4, -0.2) is 4.98 Å². The van der Waals surface area contributed by atoms with E-state index in [1.54, 1.807) is 22.7 Å². The minimum atomic E-state index is 1.10. The molecule has 2 rings (SSSR count). The number of thiophene rings is 1. The Hall–Kier alpha value is 0.0600. The van der Waals surface area contributed by atoms with Gasteiger partial charge < -0.3 is 0 Å². The molecule has 1 nitrogen and oxygen atoms in total. The van der Waals surface area contributed by atoms with Gasteiger partial charge in [-0.25, -0.2) is 4.98 Å². The molecule has 0 spiro atoms. The molecule has 0 radical (unpaired) electrons. The summed E-state index contributed by atoms with van der Waals surface area (Å²) in [5.74, 6) is 0. The fourth-order valence-electron chi connectivity index (χ4n) is 0.786. The molecule has 0 aliphatic heterocycles. The van der Waals surface area contributed by atoms with Crippen LogP contribution < -0.4 is 0 Å². The van der Waals surface area contributed by atoms with Gasteiger partial charge in [-0.1, -0.05) is 0 Å². The molecule has 0 bridgehead atoms. The number of hydrogen-bond acceptors (Lipinski definition) is 3. The van der Waals surface area contributed by atoms with Gasteiger partial charge in [0, 0.05) is 5.38 Å². The Kier molecular flexibility index (Phi) is 2.24. The molecule has 0 aliphatic carbocycles. The molecule has 0 N–H and O–H groups in total. The molecule has 2 aromatic rings. The molecular weight excluding hydrogens is 289 g/mol. The van der Waals surface area contributed by atoms with Crippen molar-refractivity contribution in [2.75, 3.05) is 0 Å². The molecule has 0 unspecified atom stereocenters. The van der Waals surface area contributed by atoms with E-state index in [9.17, 15) is 0 Å². The van der Waals surface area contributed by atoms with Crippen LogP contribution in [-0.2, 0) is 0 Å². The Morgan fingerprint density at radius 3 is 2.82 bits per heavy atom. The molecular formula is C7H4INS2. The highest BCUT2D eigenvalue weighted by molar-refractivity contribution is 14.1. The maximum absolute atomic E-state index is 4.23. The van der Waals surface area contributed by atoms with Gasteiger partial charge in [-0.15, -0.1) is 22.7 Å². The molecule has 2 aromatic heterocycles. The topological polar surface area (TPSA) is 12.9 Å². The van der Waals surface area contributed by atoms with E-state index in [4.69, 9.17) is 0 Å². The Bertz CT molecular complexity index is 339. The van der Waals surface area contributed by atoms with E-state index in [0.717, 1.165) is 5.69 Å². The second-order valence-corrected chi connectivity index (χ2v) is 5.67. The van der Waals surface area contributed by atoms with Crippen molar-refractivity contribution in [3.63, 3.8) is 0 Å². The van der Waals surface area contributed by atoms with Gasteiger partial charge in [-0.05, 0) is 34.7 Å². The van der Waals surface area contributed by atoms with Crippen LogP contribution in [0.15, 0.2) is 23.0 Å². The van der Waals surface area contributed by atoms with Crippen molar-refractivity contribution in [2.24, 2.45) is 0 Å². The van der Waals surface area contributed by atoms with Gasteiger partial charge in [0.1, 0.15) is 0 Å². The zero-order chi connectivity index (χ0) is 7.68. The number of rotatable bonds is 1. The highest BCUT2D eigenvalue weighted by Gasteiger charge is 2.01. The lowest BCUT2D eigenvalue weighted by molar-refractivity contribution is 1.43.